The smallest absolute Gasteiger partial charge is 0.386 e. The van der Waals surface area contributed by atoms with Gasteiger partial charge in [-0.2, -0.15) is 0 Å². The Morgan fingerprint density at radius 3 is 1.03 bits per heavy atom. The number of ether oxygens (including phenoxy) is 1. The Morgan fingerprint density at radius 2 is 0.713 bits per heavy atom. The van der Waals surface area contributed by atoms with E-state index >= 15 is 0 Å². The molecule has 0 radical (unpaired) electrons. The topological polar surface area (TPSA) is 312 Å². The fourth-order valence-corrected chi connectivity index (χ4v) is 11.7. The molecule has 6 heterocycles. The number of hydrogen-bond acceptors (Lipinski definition) is 21. The van der Waals surface area contributed by atoms with Crippen LogP contribution < -0.4 is 65.0 Å². The van der Waals surface area contributed by atoms with Gasteiger partial charge in [-0.1, -0.05) is 153 Å². The molecule has 8 N–H and O–H groups in total. The second kappa shape index (κ2) is 49.1. The third-order valence-corrected chi connectivity index (χ3v) is 19.1. The molecule has 652 valence electrons. The van der Waals surface area contributed by atoms with Crippen molar-refractivity contribution in [2.75, 3.05) is 100 Å². The lowest BCUT2D eigenvalue weighted by Crippen LogP contribution is -2.44. The van der Waals surface area contributed by atoms with Gasteiger partial charge < -0.3 is 47.3 Å². The zero-order chi connectivity index (χ0) is 86.7. The predicted molar refractivity (Wildman–Crippen MR) is 489 cm³/mol. The molecule has 0 aliphatic heterocycles. The molecule has 11 aromatic rings. The highest BCUT2D eigenvalue weighted by Crippen LogP contribution is 2.32. The number of likely N-dealkylation sites (N-methyl/N-ethyl adjacent to an activating group) is 1. The Hall–Kier alpha value is -12.7. The maximum atomic E-state index is 5.78. The number of aromatic nitrogens is 12. The molecule has 0 saturated heterocycles. The summed E-state index contributed by atoms with van der Waals surface area (Å²) in [5.41, 5.74) is 14.8. The van der Waals surface area contributed by atoms with Gasteiger partial charge in [0.05, 0.1) is 200 Å². The van der Waals surface area contributed by atoms with E-state index in [1.807, 2.05) is 362 Å². The van der Waals surface area contributed by atoms with Gasteiger partial charge in [0.2, 0.25) is 0 Å². The Labute approximate surface area is 722 Å². The second-order valence-corrected chi connectivity index (χ2v) is 31.3. The van der Waals surface area contributed by atoms with Crippen molar-refractivity contribution in [1.82, 2.24) is 37.6 Å². The van der Waals surface area contributed by atoms with Crippen molar-refractivity contribution in [1.29, 1.82) is 0 Å². The molecule has 12 rings (SSSR count). The van der Waals surface area contributed by atoms with Crippen molar-refractivity contribution in [2.24, 2.45) is 163 Å². The number of benzene rings is 5. The second-order valence-electron chi connectivity index (χ2n) is 31.3. The lowest BCUT2D eigenvalue weighted by Gasteiger charge is -2.29. The summed E-state index contributed by atoms with van der Waals surface area (Å²) in [7, 11) is 29.4. The third kappa shape index (κ3) is 30.8. The number of rotatable bonds is 33. The van der Waals surface area contributed by atoms with Crippen molar-refractivity contribution >= 4 is 92.6 Å². The molecule has 0 bridgehead atoms. The molecule has 0 amide bonds. The zero-order valence-corrected chi connectivity index (χ0v) is 74.0. The summed E-state index contributed by atoms with van der Waals surface area (Å²) in [6, 6.07) is 39.6. The van der Waals surface area contributed by atoms with Gasteiger partial charge in [0, 0.05) is 83.6 Å². The van der Waals surface area contributed by atoms with Gasteiger partial charge in [-0.3, -0.25) is 0 Å². The molecule has 1 aliphatic carbocycles. The van der Waals surface area contributed by atoms with Crippen LogP contribution in [-0.4, -0.2) is 124 Å². The monoisotopic (exact) mass is 1670 g/mol. The molecule has 2 unspecified atom stereocenters. The van der Waals surface area contributed by atoms with E-state index in [1.165, 1.54) is 0 Å². The van der Waals surface area contributed by atoms with Gasteiger partial charge in [-0.05, 0) is 112 Å². The van der Waals surface area contributed by atoms with Gasteiger partial charge in [0.15, 0.2) is 0 Å². The Morgan fingerprint density at radius 1 is 0.410 bits per heavy atom. The van der Waals surface area contributed by atoms with E-state index in [9.17, 15) is 0 Å². The molecule has 5 aromatic carbocycles. The lowest BCUT2D eigenvalue weighted by atomic mass is 9.92. The summed E-state index contributed by atoms with van der Waals surface area (Å²) in [5, 5.41) is 73.4. The van der Waals surface area contributed by atoms with Crippen LogP contribution in [0.2, 0.25) is 0 Å². The Kier molecular flexibility index (Phi) is 39.5. The molecule has 6 aromatic heterocycles. The van der Waals surface area contributed by atoms with E-state index in [1.54, 1.807) is 0 Å². The normalized spacial score (nSPS) is 13.3. The number of nitrogens with one attached hydrogen (secondary N) is 6. The zero-order valence-electron chi connectivity index (χ0n) is 74.0. The molecular weight excluding hydrogens is 1530 g/mol. The first-order chi connectivity index (χ1) is 57.5. The maximum absolute atomic E-state index is 5.78. The molecule has 1 aliphatic rings. The average molecular weight is 1670 g/mol. The highest BCUT2D eigenvalue weighted by Gasteiger charge is 2.26. The molecule has 0 fully saturated rings. The van der Waals surface area contributed by atoms with Crippen LogP contribution in [0.3, 0.4) is 0 Å². The largest absolute Gasteiger partial charge is 0.421 e. The van der Waals surface area contributed by atoms with Crippen LogP contribution >= 0.6 is 0 Å². The average Bonchev–Trinajstić information content (AvgIpc) is 1.07. The minimum absolute atomic E-state index is 0. The predicted octanol–water partition coefficient (Wildman–Crippen LogP) is 16.1. The number of nitrogens with two attached hydrogens (primary N) is 1. The molecule has 33 nitrogen and oxygen atoms in total. The van der Waals surface area contributed by atoms with Crippen molar-refractivity contribution in [3.8, 4) is 0 Å². The lowest BCUT2D eigenvalue weighted by molar-refractivity contribution is -0.657. The fraction of sp³-hybridized carbons (Fsp3) is 0.416. The van der Waals surface area contributed by atoms with E-state index < -0.39 is 0 Å². The highest BCUT2D eigenvalue weighted by atomic mass is 16.5. The van der Waals surface area contributed by atoms with E-state index in [4.69, 9.17) is 10.5 Å². The first kappa shape index (κ1) is 98.1. The van der Waals surface area contributed by atoms with Crippen LogP contribution in [0.4, 0.5) is 92.6 Å². The van der Waals surface area contributed by atoms with Crippen LogP contribution in [0.1, 0.15) is 62.8 Å². The van der Waals surface area contributed by atoms with Gasteiger partial charge in [-0.25, -0.2) is 54.8 Å². The van der Waals surface area contributed by atoms with Gasteiger partial charge in [-0.15, -0.1) is 5.11 Å². The Bertz CT molecular complexity index is 5130. The highest BCUT2D eigenvalue weighted by molar-refractivity contribution is 5.68. The summed E-state index contributed by atoms with van der Waals surface area (Å²) in [6.07, 6.45) is 33.0. The number of para-hydroxylation sites is 5. The molecule has 122 heavy (non-hydrogen) atoms. The fourth-order valence-electron chi connectivity index (χ4n) is 11.7. The molecule has 2 atom stereocenters. The number of anilines is 5. The Balaban J connectivity index is 0.000000242. The van der Waals surface area contributed by atoms with Gasteiger partial charge in [0.1, 0.15) is 34.5 Å². The summed E-state index contributed by atoms with van der Waals surface area (Å²) in [6.45, 7) is 19.3. The molecule has 33 heteroatoms. The first-order valence-corrected chi connectivity index (χ1v) is 40.2. The van der Waals surface area contributed by atoms with Crippen LogP contribution in [0.5, 0.6) is 0 Å². The minimum atomic E-state index is -0.0661. The molecule has 0 saturated carbocycles. The number of nitrogens with zero attached hydrogens (tertiary/aromatic N) is 25. The molecule has 0 spiro atoms. The summed E-state index contributed by atoms with van der Waals surface area (Å²) < 4.78 is 28.8. The summed E-state index contributed by atoms with van der Waals surface area (Å²) in [4.78, 5) is 2.14. The molecular formula is C89H136N32O+6. The number of imidazole rings is 6. The SMILES string of the molecule is C.C.CC(C)OCCCNc1ccccc1N=Nc1n(C)cc[n+]1C.CN(C)CCNc1ccccc1N=Nc1n(C)cc[n+]1C.CNc1ccccc1N=Nc1n(C)cc[n+]1C.Cn1cc[n+](C)c1N=Nc1ccccc1NCC(C)(C)CN.Cn1cc[n+](C)c1N=Nc1ccccc1NCC(C)(C)CNC1C=CC=CC1N=Nc1n(C)cc[n+]1C. The first-order valence-electron chi connectivity index (χ1n) is 40.2. The van der Waals surface area contributed by atoms with Crippen molar-refractivity contribution in [2.45, 2.75) is 81.0 Å². The summed E-state index contributed by atoms with van der Waals surface area (Å²) >= 11 is 0. The van der Waals surface area contributed by atoms with Crippen molar-refractivity contribution < 1.29 is 32.1 Å². The van der Waals surface area contributed by atoms with Gasteiger partial charge in [0.25, 0.3) is 0 Å². The van der Waals surface area contributed by atoms with Gasteiger partial charge >= 0.3 is 35.7 Å². The van der Waals surface area contributed by atoms with E-state index in [-0.39, 0.29) is 43.9 Å². The number of allylic oxidation sites excluding steroid dienone is 2. The maximum Gasteiger partial charge on any atom is 0.421 e. The van der Waals surface area contributed by atoms with Crippen molar-refractivity contribution in [3.63, 3.8) is 0 Å². The third-order valence-electron chi connectivity index (χ3n) is 19.1. The van der Waals surface area contributed by atoms with Crippen LogP contribution in [0.25, 0.3) is 0 Å². The minimum Gasteiger partial charge on any atom is -0.386 e. The van der Waals surface area contributed by atoms with Crippen LogP contribution in [0.15, 0.2) is 281 Å². The van der Waals surface area contributed by atoms with Crippen molar-refractivity contribution in [3.05, 3.63) is 220 Å². The van der Waals surface area contributed by atoms with E-state index in [2.05, 4.69) is 158 Å². The standard InChI is InChI=1S/C27H37N10.C17H25N5O.C16H24N6.C15H22N6.C12H15N5.2CH4/c1-27(2,19-28-21-11-7-9-13-23(21)30-32-25-34(3)15-16-35(25)4)20-29-22-12-8-10-14-24(22)31-33-26-36(5)17-18-37(26)6;1-14(2)23-13-7-10-18-15-8-5-6-9-16(15)19-20-17-21(3)11-12-22(17)4;1-16(2,11-17)12-18-13-7-5-6-8-14(13)19-20-15-21(3)9-10-22(15)4;1-19(2)10-9-16-13-7-5-6-8-14(13)17-18-15-20(3)11-12-21(15)4;1-13-10-6-4-5-7-11(10)14-15-12-16(2)8-9-17(12)3;;/h7-18,21,23,28H,19-20H2,1-6H3;5-6,8-9,11-12,14H,7,10,13H2,1-4H3;5-10H,11-12,17H2,1-4H3;5-8,11-12H,9-10H2,1-4H3;4-9H,1-3H3;2*1H4/q+1;;;;;;/p+5. The quantitative estimate of drug-likeness (QED) is 0.0117. The van der Waals surface area contributed by atoms with E-state index in [0.29, 0.717) is 6.54 Å². The number of aryl methyl sites for hydroxylation is 12. The van der Waals surface area contributed by atoms with Crippen LogP contribution in [0, 0.1) is 10.8 Å². The number of azo groups is 6. The number of hydrogen-bond donors (Lipinski definition) is 7. The van der Waals surface area contributed by atoms with E-state index in [0.717, 1.165) is 145 Å². The summed E-state index contributed by atoms with van der Waals surface area (Å²) in [5.74, 6) is 4.78. The van der Waals surface area contributed by atoms with Crippen LogP contribution in [-0.2, 0) is 89.3 Å².